The molecule has 0 aliphatic heterocycles. The number of rotatable bonds is 2. The molecule has 2 rings (SSSR count). The fourth-order valence-corrected chi connectivity index (χ4v) is 1.78. The van der Waals surface area contributed by atoms with Gasteiger partial charge in [0, 0.05) is 23.8 Å². The van der Waals surface area contributed by atoms with Gasteiger partial charge >= 0.3 is 0 Å². The summed E-state index contributed by atoms with van der Waals surface area (Å²) in [4.78, 5) is 8.52. The largest absolute Gasteiger partial charge is 0.327 e. The molecule has 0 unspecified atom stereocenters. The highest BCUT2D eigenvalue weighted by Gasteiger charge is 2.08. The molecule has 0 spiro atoms. The van der Waals surface area contributed by atoms with Crippen LogP contribution in [0, 0.1) is 0 Å². The van der Waals surface area contributed by atoms with Crippen molar-refractivity contribution < 1.29 is 0 Å². The topological polar surface area (TPSA) is 30.7 Å². The van der Waals surface area contributed by atoms with Gasteiger partial charge in [0.25, 0.3) is 0 Å². The van der Waals surface area contributed by atoms with Crippen LogP contribution in [0.3, 0.4) is 0 Å². The summed E-state index contributed by atoms with van der Waals surface area (Å²) < 4.78 is 2.12. The van der Waals surface area contributed by atoms with Crippen molar-refractivity contribution in [3.63, 3.8) is 0 Å². The van der Waals surface area contributed by atoms with Gasteiger partial charge in [-0.1, -0.05) is 0 Å². The molecule has 2 aromatic rings. The molecule has 0 radical (unpaired) electrons. The summed E-state index contributed by atoms with van der Waals surface area (Å²) in [5.41, 5.74) is 2.79. The van der Waals surface area contributed by atoms with Crippen LogP contribution in [-0.2, 0) is 0 Å². The molecule has 0 aliphatic carbocycles. The lowest BCUT2D eigenvalue weighted by molar-refractivity contribution is 0.605. The third-order valence-electron chi connectivity index (χ3n) is 1.89. The molecule has 0 saturated heterocycles. The summed E-state index contributed by atoms with van der Waals surface area (Å²) in [6.45, 7) is 4.27. The summed E-state index contributed by atoms with van der Waals surface area (Å²) in [6, 6.07) is 0.430. The summed E-state index contributed by atoms with van der Waals surface area (Å²) in [7, 11) is 0. The van der Waals surface area contributed by atoms with E-state index in [0.717, 1.165) is 11.5 Å². The first kappa shape index (κ1) is 8.44. The molecular weight excluding hydrogens is 182 g/mol. The quantitative estimate of drug-likeness (QED) is 0.734. The van der Waals surface area contributed by atoms with E-state index in [9.17, 15) is 0 Å². The smallest absolute Gasteiger partial charge is 0.159 e. The van der Waals surface area contributed by atoms with E-state index in [4.69, 9.17) is 0 Å². The number of aromatic nitrogens is 3. The van der Waals surface area contributed by atoms with Crippen LogP contribution in [0.15, 0.2) is 23.3 Å². The maximum Gasteiger partial charge on any atom is 0.159 e. The molecule has 2 heterocycles. The van der Waals surface area contributed by atoms with Crippen LogP contribution in [0.25, 0.3) is 11.5 Å². The minimum Gasteiger partial charge on any atom is -0.327 e. The van der Waals surface area contributed by atoms with Gasteiger partial charge in [0.15, 0.2) is 5.82 Å². The molecule has 0 aromatic carbocycles. The fraction of sp³-hybridized carbons (Fsp3) is 0.333. The normalized spacial score (nSPS) is 11.0. The zero-order valence-corrected chi connectivity index (χ0v) is 8.45. The molecular formula is C9H11N3S. The molecule has 0 N–H and O–H groups in total. The van der Waals surface area contributed by atoms with E-state index in [2.05, 4.69) is 28.4 Å². The van der Waals surface area contributed by atoms with Gasteiger partial charge in [-0.2, -0.15) is 0 Å². The van der Waals surface area contributed by atoms with E-state index in [-0.39, 0.29) is 0 Å². The lowest BCUT2D eigenvalue weighted by Crippen LogP contribution is -2.01. The highest BCUT2D eigenvalue weighted by Crippen LogP contribution is 2.20. The molecule has 13 heavy (non-hydrogen) atoms. The number of hydrogen-bond acceptors (Lipinski definition) is 3. The van der Waals surface area contributed by atoms with Gasteiger partial charge in [-0.25, -0.2) is 9.97 Å². The van der Waals surface area contributed by atoms with Crippen LogP contribution in [-0.4, -0.2) is 14.5 Å². The Hall–Kier alpha value is -1.16. The highest BCUT2D eigenvalue weighted by molar-refractivity contribution is 7.07. The predicted molar refractivity (Wildman–Crippen MR) is 53.7 cm³/mol. The Labute approximate surface area is 81.1 Å². The molecule has 0 atom stereocenters. The van der Waals surface area contributed by atoms with Gasteiger partial charge < -0.3 is 4.57 Å². The summed E-state index contributed by atoms with van der Waals surface area (Å²) >= 11 is 1.59. The first-order chi connectivity index (χ1) is 6.29. The molecule has 0 bridgehead atoms. The monoisotopic (exact) mass is 193 g/mol. The molecule has 4 heteroatoms. The van der Waals surface area contributed by atoms with Gasteiger partial charge in [0.1, 0.15) is 5.69 Å². The van der Waals surface area contributed by atoms with E-state index >= 15 is 0 Å². The van der Waals surface area contributed by atoms with Crippen molar-refractivity contribution in [2.45, 2.75) is 19.9 Å². The van der Waals surface area contributed by atoms with Gasteiger partial charge in [0.2, 0.25) is 0 Å². The van der Waals surface area contributed by atoms with Gasteiger partial charge in [-0.05, 0) is 13.8 Å². The van der Waals surface area contributed by atoms with Crippen LogP contribution < -0.4 is 0 Å². The van der Waals surface area contributed by atoms with Crippen molar-refractivity contribution in [2.24, 2.45) is 0 Å². The van der Waals surface area contributed by atoms with Crippen molar-refractivity contribution in [3.8, 4) is 11.5 Å². The van der Waals surface area contributed by atoms with Crippen molar-refractivity contribution in [3.05, 3.63) is 23.3 Å². The number of nitrogens with zero attached hydrogens (tertiary/aromatic N) is 3. The average Bonchev–Trinajstić information content (AvgIpc) is 2.74. The Balaban J connectivity index is 2.46. The lowest BCUT2D eigenvalue weighted by Gasteiger charge is -2.09. The number of thiazole rings is 1. The van der Waals surface area contributed by atoms with Gasteiger partial charge in [-0.3, -0.25) is 0 Å². The third kappa shape index (κ3) is 1.49. The zero-order valence-electron chi connectivity index (χ0n) is 7.64. The second-order valence-corrected chi connectivity index (χ2v) is 3.84. The van der Waals surface area contributed by atoms with Gasteiger partial charge in [0.05, 0.1) is 5.51 Å². The van der Waals surface area contributed by atoms with Crippen molar-refractivity contribution in [2.75, 3.05) is 0 Å². The van der Waals surface area contributed by atoms with E-state index in [1.165, 1.54) is 0 Å². The van der Waals surface area contributed by atoms with Gasteiger partial charge in [-0.15, -0.1) is 11.3 Å². The maximum atomic E-state index is 4.29. The second-order valence-electron chi connectivity index (χ2n) is 3.13. The fourth-order valence-electron chi connectivity index (χ4n) is 1.25. The molecule has 0 fully saturated rings. The predicted octanol–water partition coefficient (Wildman–Crippen LogP) is 2.59. The standard InChI is InChI=1S/C9H11N3S/c1-7(2)12-4-3-10-9(12)8-5-13-6-11-8/h3-7H,1-2H3. The SMILES string of the molecule is CC(C)n1ccnc1-c1cscn1. The Morgan fingerprint density at radius 3 is 2.85 bits per heavy atom. The molecule has 3 nitrogen and oxygen atoms in total. The first-order valence-corrected chi connectivity index (χ1v) is 5.14. The van der Waals surface area contributed by atoms with E-state index in [1.54, 1.807) is 11.3 Å². The molecule has 2 aromatic heterocycles. The Morgan fingerprint density at radius 1 is 1.38 bits per heavy atom. The zero-order chi connectivity index (χ0) is 9.26. The maximum absolute atomic E-state index is 4.29. The van der Waals surface area contributed by atoms with Crippen LogP contribution in [0.5, 0.6) is 0 Å². The third-order valence-corrected chi connectivity index (χ3v) is 2.47. The lowest BCUT2D eigenvalue weighted by atomic mass is 10.3. The Morgan fingerprint density at radius 2 is 2.23 bits per heavy atom. The van der Waals surface area contributed by atoms with Crippen LogP contribution in [0.4, 0.5) is 0 Å². The molecule has 0 aliphatic rings. The number of imidazole rings is 1. The van der Waals surface area contributed by atoms with E-state index in [1.807, 2.05) is 23.3 Å². The van der Waals surface area contributed by atoms with Crippen molar-refractivity contribution in [1.29, 1.82) is 0 Å². The average molecular weight is 193 g/mol. The minimum absolute atomic E-state index is 0.430. The van der Waals surface area contributed by atoms with Crippen LogP contribution >= 0.6 is 11.3 Å². The second kappa shape index (κ2) is 3.30. The molecule has 68 valence electrons. The van der Waals surface area contributed by atoms with E-state index in [0.29, 0.717) is 6.04 Å². The first-order valence-electron chi connectivity index (χ1n) is 4.20. The Bertz CT molecular complexity index is 375. The highest BCUT2D eigenvalue weighted by atomic mass is 32.1. The van der Waals surface area contributed by atoms with E-state index < -0.39 is 0 Å². The molecule has 0 saturated carbocycles. The molecule has 0 amide bonds. The number of hydrogen-bond donors (Lipinski definition) is 0. The summed E-state index contributed by atoms with van der Waals surface area (Å²) in [5.74, 6) is 0.955. The minimum atomic E-state index is 0.430. The van der Waals surface area contributed by atoms with Crippen molar-refractivity contribution >= 4 is 11.3 Å². The Kier molecular flexibility index (Phi) is 2.14. The van der Waals surface area contributed by atoms with Crippen molar-refractivity contribution in [1.82, 2.24) is 14.5 Å². The van der Waals surface area contributed by atoms with Crippen LogP contribution in [0.1, 0.15) is 19.9 Å². The summed E-state index contributed by atoms with van der Waals surface area (Å²) in [6.07, 6.45) is 3.80. The van der Waals surface area contributed by atoms with Crippen LogP contribution in [0.2, 0.25) is 0 Å². The summed E-state index contributed by atoms with van der Waals surface area (Å²) in [5, 5.41) is 2.02.